The SMILES string of the molecule is C#Cc1ccc(C)c(NO)c1. The number of hydrogen-bond acceptors (Lipinski definition) is 2. The summed E-state index contributed by atoms with van der Waals surface area (Å²) in [7, 11) is 0. The van der Waals surface area contributed by atoms with E-state index in [1.807, 2.05) is 19.1 Å². The Morgan fingerprint density at radius 2 is 2.27 bits per heavy atom. The van der Waals surface area contributed by atoms with Gasteiger partial charge in [-0.05, 0) is 24.6 Å². The first kappa shape index (κ1) is 7.64. The third kappa shape index (κ3) is 1.51. The minimum absolute atomic E-state index is 0.653. The van der Waals surface area contributed by atoms with Crippen LogP contribution in [0.3, 0.4) is 0 Å². The van der Waals surface area contributed by atoms with E-state index in [-0.39, 0.29) is 0 Å². The molecule has 11 heavy (non-hydrogen) atoms. The molecule has 0 aliphatic heterocycles. The zero-order chi connectivity index (χ0) is 8.27. The molecule has 0 saturated carbocycles. The Kier molecular flexibility index (Phi) is 2.15. The van der Waals surface area contributed by atoms with Gasteiger partial charge in [-0.15, -0.1) is 6.42 Å². The van der Waals surface area contributed by atoms with Gasteiger partial charge >= 0.3 is 0 Å². The van der Waals surface area contributed by atoms with E-state index in [2.05, 4.69) is 11.4 Å². The lowest BCUT2D eigenvalue weighted by molar-refractivity contribution is 0.388. The first-order valence-corrected chi connectivity index (χ1v) is 3.25. The normalized spacial score (nSPS) is 8.82. The maximum atomic E-state index is 8.62. The highest BCUT2D eigenvalue weighted by Crippen LogP contribution is 2.14. The second-order valence-electron chi connectivity index (χ2n) is 2.29. The minimum Gasteiger partial charge on any atom is -0.291 e. The molecule has 0 aliphatic rings. The molecule has 1 aromatic rings. The number of rotatable bonds is 1. The molecular formula is C9H9NO. The van der Waals surface area contributed by atoms with Crippen molar-refractivity contribution >= 4 is 5.69 Å². The molecular weight excluding hydrogens is 138 g/mol. The van der Waals surface area contributed by atoms with E-state index in [1.165, 1.54) is 0 Å². The maximum Gasteiger partial charge on any atom is 0.0643 e. The Morgan fingerprint density at radius 3 is 2.82 bits per heavy atom. The molecule has 0 aliphatic carbocycles. The van der Waals surface area contributed by atoms with Crippen molar-refractivity contribution < 1.29 is 5.21 Å². The number of benzene rings is 1. The molecule has 56 valence electrons. The van der Waals surface area contributed by atoms with Crippen molar-refractivity contribution in [3.8, 4) is 12.3 Å². The average molecular weight is 147 g/mol. The van der Waals surface area contributed by atoms with Crippen molar-refractivity contribution in [1.82, 2.24) is 0 Å². The fourth-order valence-electron chi connectivity index (χ4n) is 0.832. The van der Waals surface area contributed by atoms with Gasteiger partial charge in [0.25, 0.3) is 0 Å². The van der Waals surface area contributed by atoms with Crippen LogP contribution in [0.2, 0.25) is 0 Å². The van der Waals surface area contributed by atoms with E-state index in [0.29, 0.717) is 5.69 Å². The van der Waals surface area contributed by atoms with Gasteiger partial charge in [0.15, 0.2) is 0 Å². The quantitative estimate of drug-likeness (QED) is 0.468. The third-order valence-electron chi connectivity index (χ3n) is 1.52. The van der Waals surface area contributed by atoms with E-state index >= 15 is 0 Å². The molecule has 1 aromatic carbocycles. The first-order valence-electron chi connectivity index (χ1n) is 3.25. The summed E-state index contributed by atoms with van der Waals surface area (Å²) >= 11 is 0. The summed E-state index contributed by atoms with van der Waals surface area (Å²) < 4.78 is 0. The molecule has 0 aromatic heterocycles. The van der Waals surface area contributed by atoms with Gasteiger partial charge in [0.2, 0.25) is 0 Å². The fraction of sp³-hybridized carbons (Fsp3) is 0.111. The van der Waals surface area contributed by atoms with Crippen LogP contribution in [0.5, 0.6) is 0 Å². The van der Waals surface area contributed by atoms with E-state index in [4.69, 9.17) is 11.6 Å². The van der Waals surface area contributed by atoms with Crippen molar-refractivity contribution in [2.24, 2.45) is 0 Å². The predicted molar refractivity (Wildman–Crippen MR) is 44.5 cm³/mol. The minimum atomic E-state index is 0.653. The number of aryl methyl sites for hydroxylation is 1. The van der Waals surface area contributed by atoms with Crippen molar-refractivity contribution in [2.45, 2.75) is 6.92 Å². The Balaban J connectivity index is 3.15. The summed E-state index contributed by atoms with van der Waals surface area (Å²) in [6.45, 7) is 1.89. The molecule has 0 saturated heterocycles. The highest BCUT2D eigenvalue weighted by atomic mass is 16.5. The highest BCUT2D eigenvalue weighted by Gasteiger charge is 1.95. The topological polar surface area (TPSA) is 32.3 Å². The third-order valence-corrected chi connectivity index (χ3v) is 1.52. The average Bonchev–Trinajstić information content (AvgIpc) is 2.05. The van der Waals surface area contributed by atoms with Gasteiger partial charge in [0, 0.05) is 5.56 Å². The smallest absolute Gasteiger partial charge is 0.0643 e. The van der Waals surface area contributed by atoms with Crippen LogP contribution in [0.4, 0.5) is 5.69 Å². The first-order chi connectivity index (χ1) is 5.27. The van der Waals surface area contributed by atoms with Crippen molar-refractivity contribution in [3.05, 3.63) is 29.3 Å². The van der Waals surface area contributed by atoms with Gasteiger partial charge in [-0.1, -0.05) is 12.0 Å². The monoisotopic (exact) mass is 147 g/mol. The molecule has 0 amide bonds. The molecule has 0 radical (unpaired) electrons. The summed E-state index contributed by atoms with van der Waals surface area (Å²) in [6, 6.07) is 5.40. The van der Waals surface area contributed by atoms with Crippen molar-refractivity contribution in [2.75, 3.05) is 5.48 Å². The summed E-state index contributed by atoms with van der Waals surface area (Å²) in [6.07, 6.45) is 5.16. The lowest BCUT2D eigenvalue weighted by Crippen LogP contribution is -1.92. The molecule has 0 unspecified atom stereocenters. The summed E-state index contributed by atoms with van der Waals surface area (Å²) in [5, 5.41) is 8.62. The second-order valence-corrected chi connectivity index (χ2v) is 2.29. The number of nitrogens with one attached hydrogen (secondary N) is 1. The Labute approximate surface area is 65.8 Å². The van der Waals surface area contributed by atoms with Crippen LogP contribution in [0, 0.1) is 19.3 Å². The predicted octanol–water partition coefficient (Wildman–Crippen LogP) is 1.78. The summed E-state index contributed by atoms with van der Waals surface area (Å²) in [4.78, 5) is 0. The van der Waals surface area contributed by atoms with Gasteiger partial charge in [-0.2, -0.15) is 0 Å². The molecule has 1 rings (SSSR count). The molecule has 0 atom stereocenters. The van der Waals surface area contributed by atoms with Crippen molar-refractivity contribution in [1.29, 1.82) is 0 Å². The fourth-order valence-corrected chi connectivity index (χ4v) is 0.832. The van der Waals surface area contributed by atoms with E-state index < -0.39 is 0 Å². The molecule has 0 spiro atoms. The van der Waals surface area contributed by atoms with Crippen LogP contribution in [0.15, 0.2) is 18.2 Å². The van der Waals surface area contributed by atoms with Crippen LogP contribution >= 0.6 is 0 Å². The van der Waals surface area contributed by atoms with Gasteiger partial charge in [0.1, 0.15) is 0 Å². The van der Waals surface area contributed by atoms with Gasteiger partial charge in [-0.25, -0.2) is 0 Å². The van der Waals surface area contributed by atoms with E-state index in [9.17, 15) is 0 Å². The molecule has 0 heterocycles. The molecule has 2 N–H and O–H groups in total. The van der Waals surface area contributed by atoms with Gasteiger partial charge < -0.3 is 0 Å². The molecule has 2 nitrogen and oxygen atoms in total. The summed E-state index contributed by atoms with van der Waals surface area (Å²) in [5.74, 6) is 2.48. The largest absolute Gasteiger partial charge is 0.291 e. The Bertz CT molecular complexity index is 299. The standard InChI is InChI=1S/C9H9NO/c1-3-8-5-4-7(2)9(6-8)10-11/h1,4-6,10-11H,2H3. The van der Waals surface area contributed by atoms with Crippen LogP contribution in [-0.4, -0.2) is 5.21 Å². The molecule has 0 fully saturated rings. The molecule has 2 heteroatoms. The van der Waals surface area contributed by atoms with Gasteiger partial charge in [-0.3, -0.25) is 10.7 Å². The second kappa shape index (κ2) is 3.09. The van der Waals surface area contributed by atoms with Crippen molar-refractivity contribution in [3.63, 3.8) is 0 Å². The highest BCUT2D eigenvalue weighted by molar-refractivity contribution is 5.54. The molecule has 0 bridgehead atoms. The number of anilines is 1. The Morgan fingerprint density at radius 1 is 1.55 bits per heavy atom. The van der Waals surface area contributed by atoms with Gasteiger partial charge in [0.05, 0.1) is 5.69 Å². The van der Waals surface area contributed by atoms with E-state index in [1.54, 1.807) is 6.07 Å². The van der Waals surface area contributed by atoms with Crippen LogP contribution < -0.4 is 5.48 Å². The maximum absolute atomic E-state index is 8.62. The lowest BCUT2D eigenvalue weighted by atomic mass is 10.1. The van der Waals surface area contributed by atoms with Crippen LogP contribution in [0.1, 0.15) is 11.1 Å². The lowest BCUT2D eigenvalue weighted by Gasteiger charge is -2.02. The van der Waals surface area contributed by atoms with Crippen LogP contribution in [-0.2, 0) is 0 Å². The zero-order valence-electron chi connectivity index (χ0n) is 6.26. The zero-order valence-corrected chi connectivity index (χ0v) is 6.26. The number of hydrogen-bond donors (Lipinski definition) is 2. The Hall–Kier alpha value is -1.46. The summed E-state index contributed by atoms with van der Waals surface area (Å²) in [5.41, 5.74) is 4.45. The number of terminal acetylenes is 1. The van der Waals surface area contributed by atoms with E-state index in [0.717, 1.165) is 11.1 Å². The van der Waals surface area contributed by atoms with Crippen LogP contribution in [0.25, 0.3) is 0 Å².